The molecule has 0 radical (unpaired) electrons. The molecular formula is C14H22N4O2. The molecule has 0 aliphatic carbocycles. The molecular weight excluding hydrogens is 256 g/mol. The Hall–Kier alpha value is -1.95. The van der Waals surface area contributed by atoms with E-state index in [-0.39, 0.29) is 30.3 Å². The molecule has 0 bridgehead atoms. The zero-order valence-corrected chi connectivity index (χ0v) is 12.2. The Kier molecular flexibility index (Phi) is 5.64. The molecule has 0 aliphatic rings. The average molecular weight is 278 g/mol. The molecule has 20 heavy (non-hydrogen) atoms. The fourth-order valence-corrected chi connectivity index (χ4v) is 1.54. The molecule has 1 heterocycles. The van der Waals surface area contributed by atoms with Gasteiger partial charge in [-0.25, -0.2) is 0 Å². The first-order chi connectivity index (χ1) is 9.31. The third-order valence-corrected chi connectivity index (χ3v) is 2.45. The largest absolute Gasteiger partial charge is 0.351 e. The van der Waals surface area contributed by atoms with E-state index in [4.69, 9.17) is 5.73 Å². The molecule has 1 rings (SSSR count). The molecule has 4 N–H and O–H groups in total. The van der Waals surface area contributed by atoms with Crippen LogP contribution in [0, 0.1) is 0 Å². The first kappa shape index (κ1) is 16.1. The van der Waals surface area contributed by atoms with Crippen LogP contribution in [0.15, 0.2) is 18.3 Å². The Morgan fingerprint density at radius 1 is 1.30 bits per heavy atom. The van der Waals surface area contributed by atoms with Gasteiger partial charge in [-0.2, -0.15) is 0 Å². The molecule has 0 aromatic carbocycles. The number of carbonyl (C=O) groups is 2. The maximum atomic E-state index is 11.8. The lowest BCUT2D eigenvalue weighted by Crippen LogP contribution is -2.42. The summed E-state index contributed by atoms with van der Waals surface area (Å²) in [5.74, 6) is -0.388. The number of amides is 2. The second-order valence-electron chi connectivity index (χ2n) is 5.56. The fourth-order valence-electron chi connectivity index (χ4n) is 1.54. The minimum absolute atomic E-state index is 0.0933. The van der Waals surface area contributed by atoms with Crippen molar-refractivity contribution >= 4 is 11.8 Å². The predicted molar refractivity (Wildman–Crippen MR) is 77.0 cm³/mol. The van der Waals surface area contributed by atoms with Gasteiger partial charge in [0, 0.05) is 31.2 Å². The van der Waals surface area contributed by atoms with E-state index in [0.29, 0.717) is 12.2 Å². The highest BCUT2D eigenvalue weighted by molar-refractivity contribution is 5.92. The van der Waals surface area contributed by atoms with Crippen LogP contribution in [0.3, 0.4) is 0 Å². The van der Waals surface area contributed by atoms with Crippen molar-refractivity contribution in [1.82, 2.24) is 15.6 Å². The van der Waals surface area contributed by atoms with Gasteiger partial charge in [-0.15, -0.1) is 0 Å². The summed E-state index contributed by atoms with van der Waals surface area (Å²) in [5.41, 5.74) is 6.38. The monoisotopic (exact) mass is 278 g/mol. The van der Waals surface area contributed by atoms with Gasteiger partial charge in [-0.1, -0.05) is 6.07 Å². The molecule has 6 heteroatoms. The summed E-state index contributed by atoms with van der Waals surface area (Å²) in [4.78, 5) is 27.4. The van der Waals surface area contributed by atoms with E-state index in [1.807, 2.05) is 20.8 Å². The van der Waals surface area contributed by atoms with E-state index in [1.165, 1.54) is 0 Å². The van der Waals surface area contributed by atoms with Crippen LogP contribution in [-0.2, 0) is 11.3 Å². The zero-order chi connectivity index (χ0) is 15.2. The highest BCUT2D eigenvalue weighted by atomic mass is 16.2. The Bertz CT molecular complexity index is 463. The van der Waals surface area contributed by atoms with Gasteiger partial charge in [-0.3, -0.25) is 14.6 Å². The lowest BCUT2D eigenvalue weighted by Gasteiger charge is -2.20. The molecule has 0 aliphatic heterocycles. The highest BCUT2D eigenvalue weighted by Crippen LogP contribution is 2.00. The third kappa shape index (κ3) is 5.79. The molecule has 6 nitrogen and oxygen atoms in total. The van der Waals surface area contributed by atoms with Gasteiger partial charge >= 0.3 is 0 Å². The van der Waals surface area contributed by atoms with E-state index in [9.17, 15) is 9.59 Å². The quantitative estimate of drug-likeness (QED) is 0.733. The fraction of sp³-hybridized carbons (Fsp3) is 0.500. The van der Waals surface area contributed by atoms with Crippen LogP contribution in [0.4, 0.5) is 0 Å². The Morgan fingerprint density at radius 2 is 2.00 bits per heavy atom. The molecule has 1 aromatic heterocycles. The summed E-state index contributed by atoms with van der Waals surface area (Å²) in [7, 11) is 0. The van der Waals surface area contributed by atoms with Gasteiger partial charge in [0.1, 0.15) is 5.69 Å². The second kappa shape index (κ2) is 7.00. The van der Waals surface area contributed by atoms with Crippen molar-refractivity contribution in [2.24, 2.45) is 5.73 Å². The Balaban J connectivity index is 2.38. The maximum absolute atomic E-state index is 11.8. The lowest BCUT2D eigenvalue weighted by atomic mass is 10.1. The molecule has 0 fully saturated rings. The number of rotatable bonds is 5. The van der Waals surface area contributed by atoms with E-state index in [1.54, 1.807) is 18.3 Å². The molecule has 0 spiro atoms. The first-order valence-corrected chi connectivity index (χ1v) is 6.56. The van der Waals surface area contributed by atoms with Crippen molar-refractivity contribution in [2.45, 2.75) is 39.3 Å². The number of nitrogens with two attached hydrogens (primary N) is 1. The smallest absolute Gasteiger partial charge is 0.269 e. The molecule has 2 amide bonds. The number of carbonyl (C=O) groups excluding carboxylic acids is 2. The topological polar surface area (TPSA) is 97.1 Å². The van der Waals surface area contributed by atoms with E-state index < -0.39 is 0 Å². The summed E-state index contributed by atoms with van der Waals surface area (Å²) in [6.45, 7) is 6.40. The van der Waals surface area contributed by atoms with E-state index >= 15 is 0 Å². The SMILES string of the molecule is CC(C)(C)NC(=O)CCNC(=O)c1ccc(CN)cn1. The Labute approximate surface area is 119 Å². The van der Waals surface area contributed by atoms with Crippen molar-refractivity contribution in [3.63, 3.8) is 0 Å². The molecule has 0 atom stereocenters. The minimum atomic E-state index is -0.294. The van der Waals surface area contributed by atoms with E-state index in [2.05, 4.69) is 15.6 Å². The predicted octanol–water partition coefficient (Wildman–Crippen LogP) is 0.575. The van der Waals surface area contributed by atoms with Crippen molar-refractivity contribution in [3.05, 3.63) is 29.6 Å². The summed E-state index contributed by atoms with van der Waals surface area (Å²) in [5, 5.41) is 5.49. The highest BCUT2D eigenvalue weighted by Gasteiger charge is 2.14. The minimum Gasteiger partial charge on any atom is -0.351 e. The number of hydrogen-bond donors (Lipinski definition) is 3. The van der Waals surface area contributed by atoms with E-state index in [0.717, 1.165) is 5.56 Å². The number of hydrogen-bond acceptors (Lipinski definition) is 4. The van der Waals surface area contributed by atoms with Crippen molar-refractivity contribution < 1.29 is 9.59 Å². The summed E-state index contributed by atoms with van der Waals surface area (Å²) in [6.07, 6.45) is 1.81. The van der Waals surface area contributed by atoms with Crippen LogP contribution < -0.4 is 16.4 Å². The maximum Gasteiger partial charge on any atom is 0.269 e. The van der Waals surface area contributed by atoms with Crippen LogP contribution in [0.25, 0.3) is 0 Å². The molecule has 0 unspecified atom stereocenters. The number of nitrogens with one attached hydrogen (secondary N) is 2. The normalized spacial score (nSPS) is 11.0. The average Bonchev–Trinajstić information content (AvgIpc) is 2.36. The molecule has 0 saturated heterocycles. The van der Waals surface area contributed by atoms with Crippen molar-refractivity contribution in [2.75, 3.05) is 6.54 Å². The summed E-state index contributed by atoms with van der Waals surface area (Å²) < 4.78 is 0. The van der Waals surface area contributed by atoms with Gasteiger partial charge in [0.05, 0.1) is 0 Å². The van der Waals surface area contributed by atoms with Gasteiger partial charge in [0.25, 0.3) is 5.91 Å². The van der Waals surface area contributed by atoms with Crippen LogP contribution in [0.2, 0.25) is 0 Å². The van der Waals surface area contributed by atoms with Gasteiger partial charge in [0.15, 0.2) is 0 Å². The lowest BCUT2D eigenvalue weighted by molar-refractivity contribution is -0.122. The van der Waals surface area contributed by atoms with Crippen LogP contribution in [0.5, 0.6) is 0 Å². The van der Waals surface area contributed by atoms with Crippen LogP contribution >= 0.6 is 0 Å². The molecule has 110 valence electrons. The number of aromatic nitrogens is 1. The van der Waals surface area contributed by atoms with Gasteiger partial charge < -0.3 is 16.4 Å². The third-order valence-electron chi connectivity index (χ3n) is 2.45. The molecule has 1 aromatic rings. The summed E-state index contributed by atoms with van der Waals surface area (Å²) in [6, 6.07) is 3.38. The van der Waals surface area contributed by atoms with Crippen LogP contribution in [-0.4, -0.2) is 28.9 Å². The van der Waals surface area contributed by atoms with Crippen molar-refractivity contribution in [1.29, 1.82) is 0 Å². The Morgan fingerprint density at radius 3 is 2.50 bits per heavy atom. The second-order valence-corrected chi connectivity index (χ2v) is 5.56. The van der Waals surface area contributed by atoms with Crippen molar-refractivity contribution in [3.8, 4) is 0 Å². The summed E-state index contributed by atoms with van der Waals surface area (Å²) >= 11 is 0. The zero-order valence-electron chi connectivity index (χ0n) is 12.2. The number of pyridine rings is 1. The van der Waals surface area contributed by atoms with Gasteiger partial charge in [-0.05, 0) is 32.4 Å². The van der Waals surface area contributed by atoms with Gasteiger partial charge in [0.2, 0.25) is 5.91 Å². The first-order valence-electron chi connectivity index (χ1n) is 6.56. The molecule has 0 saturated carbocycles. The van der Waals surface area contributed by atoms with Crippen LogP contribution in [0.1, 0.15) is 43.2 Å². The standard InChI is InChI=1S/C14H22N4O2/c1-14(2,3)18-12(19)6-7-16-13(20)11-5-4-10(8-15)9-17-11/h4-5,9H,6-8,15H2,1-3H3,(H,16,20)(H,18,19). The number of nitrogens with zero attached hydrogens (tertiary/aromatic N) is 1.